The van der Waals surface area contributed by atoms with Gasteiger partial charge >= 0.3 is 0 Å². The highest BCUT2D eigenvalue weighted by molar-refractivity contribution is 5.81. The molecule has 0 atom stereocenters. The molecule has 1 aromatic carbocycles. The third-order valence-electron chi connectivity index (χ3n) is 2.39. The molecule has 74 valence electrons. The van der Waals surface area contributed by atoms with Crippen molar-refractivity contribution in [3.8, 4) is 0 Å². The lowest BCUT2D eigenvalue weighted by atomic mass is 10.1. The number of aryl methyl sites for hydroxylation is 2. The summed E-state index contributed by atoms with van der Waals surface area (Å²) in [6, 6.07) is 4.04. The van der Waals surface area contributed by atoms with E-state index in [9.17, 15) is 5.21 Å². The third kappa shape index (κ3) is 1.23. The summed E-state index contributed by atoms with van der Waals surface area (Å²) in [7, 11) is 0. The molecule has 1 N–H and O–H groups in total. The predicted molar refractivity (Wildman–Crippen MR) is 53.4 cm³/mol. The van der Waals surface area contributed by atoms with E-state index in [1.807, 2.05) is 13.0 Å². The number of hydrogen-bond acceptors (Lipinski definition) is 3. The van der Waals surface area contributed by atoms with Gasteiger partial charge in [-0.05, 0) is 29.7 Å². The van der Waals surface area contributed by atoms with Crippen molar-refractivity contribution in [1.82, 2.24) is 15.2 Å². The lowest BCUT2D eigenvalue weighted by Gasteiger charge is -2.01. The van der Waals surface area contributed by atoms with Crippen LogP contribution in [0.5, 0.6) is 0 Å². The van der Waals surface area contributed by atoms with Crippen LogP contribution in [-0.2, 0) is 6.42 Å². The van der Waals surface area contributed by atoms with Crippen molar-refractivity contribution in [3.63, 3.8) is 0 Å². The minimum absolute atomic E-state index is 0.718. The average molecular weight is 191 g/mol. The van der Waals surface area contributed by atoms with Crippen LogP contribution in [0.3, 0.4) is 0 Å². The molecule has 0 saturated heterocycles. The van der Waals surface area contributed by atoms with E-state index in [0.29, 0.717) is 0 Å². The Hall–Kier alpha value is -1.58. The fraction of sp³-hybridized carbons (Fsp3) is 0.400. The molecule has 1 heterocycles. The van der Waals surface area contributed by atoms with E-state index in [2.05, 4.69) is 23.3 Å². The SMILES string of the molecule is CCCc1ccc(C)c2c1nnn2O. The maximum absolute atomic E-state index is 9.43. The summed E-state index contributed by atoms with van der Waals surface area (Å²) in [6.45, 7) is 4.06. The standard InChI is InChI=1S/C10H13N3O/c1-3-4-8-6-5-7(2)10-9(8)11-12-13(10)14/h5-6,14H,3-4H2,1-2H3. The van der Waals surface area contributed by atoms with Gasteiger partial charge in [0.2, 0.25) is 0 Å². The first-order valence-corrected chi connectivity index (χ1v) is 4.77. The minimum Gasteiger partial charge on any atom is -0.410 e. The zero-order valence-electron chi connectivity index (χ0n) is 8.36. The summed E-state index contributed by atoms with van der Waals surface area (Å²) in [4.78, 5) is 0.851. The van der Waals surface area contributed by atoms with E-state index in [1.54, 1.807) is 0 Å². The molecular formula is C10H13N3O. The van der Waals surface area contributed by atoms with Crippen molar-refractivity contribution in [1.29, 1.82) is 0 Å². The van der Waals surface area contributed by atoms with Crippen molar-refractivity contribution >= 4 is 11.0 Å². The minimum atomic E-state index is 0.718. The van der Waals surface area contributed by atoms with Crippen LogP contribution in [0.1, 0.15) is 24.5 Å². The second-order valence-electron chi connectivity index (χ2n) is 3.47. The van der Waals surface area contributed by atoms with E-state index in [4.69, 9.17) is 0 Å². The highest BCUT2D eigenvalue weighted by Crippen LogP contribution is 2.20. The summed E-state index contributed by atoms with van der Waals surface area (Å²) in [5, 5.41) is 17.0. The zero-order valence-corrected chi connectivity index (χ0v) is 8.36. The van der Waals surface area contributed by atoms with Gasteiger partial charge in [-0.2, -0.15) is 0 Å². The van der Waals surface area contributed by atoms with Gasteiger partial charge in [-0.15, -0.1) is 5.10 Å². The maximum atomic E-state index is 9.43. The molecule has 0 saturated carbocycles. The first-order chi connectivity index (χ1) is 6.74. The summed E-state index contributed by atoms with van der Waals surface area (Å²) < 4.78 is 0. The van der Waals surface area contributed by atoms with Gasteiger partial charge in [0.1, 0.15) is 11.0 Å². The van der Waals surface area contributed by atoms with Crippen LogP contribution in [0, 0.1) is 6.92 Å². The molecule has 2 rings (SSSR count). The van der Waals surface area contributed by atoms with E-state index in [1.165, 1.54) is 0 Å². The van der Waals surface area contributed by atoms with Crippen molar-refractivity contribution < 1.29 is 5.21 Å². The average Bonchev–Trinajstić information content (AvgIpc) is 2.54. The molecule has 14 heavy (non-hydrogen) atoms. The summed E-state index contributed by atoms with van der Waals surface area (Å²) in [5.41, 5.74) is 3.67. The Morgan fingerprint density at radius 3 is 2.93 bits per heavy atom. The molecule has 0 aliphatic heterocycles. The number of hydrogen-bond donors (Lipinski definition) is 1. The summed E-state index contributed by atoms with van der Waals surface area (Å²) >= 11 is 0. The smallest absolute Gasteiger partial charge is 0.133 e. The highest BCUT2D eigenvalue weighted by atomic mass is 16.5. The largest absolute Gasteiger partial charge is 0.410 e. The van der Waals surface area contributed by atoms with Gasteiger partial charge < -0.3 is 5.21 Å². The van der Waals surface area contributed by atoms with Crippen LogP contribution in [0.15, 0.2) is 12.1 Å². The molecule has 4 heteroatoms. The van der Waals surface area contributed by atoms with Crippen LogP contribution in [0.25, 0.3) is 11.0 Å². The number of aromatic nitrogens is 3. The lowest BCUT2D eigenvalue weighted by molar-refractivity contribution is 0.154. The van der Waals surface area contributed by atoms with Crippen molar-refractivity contribution in [3.05, 3.63) is 23.3 Å². The van der Waals surface area contributed by atoms with E-state index in [-0.39, 0.29) is 0 Å². The fourth-order valence-electron chi connectivity index (χ4n) is 1.69. The fourth-order valence-corrected chi connectivity index (χ4v) is 1.69. The summed E-state index contributed by atoms with van der Waals surface area (Å²) in [5.74, 6) is 0. The Balaban J connectivity index is 2.70. The van der Waals surface area contributed by atoms with E-state index < -0.39 is 0 Å². The Bertz CT molecular complexity index is 462. The first kappa shape index (κ1) is 8.99. The van der Waals surface area contributed by atoms with Gasteiger partial charge in [-0.1, -0.05) is 30.3 Å². The molecule has 0 spiro atoms. The molecule has 0 aliphatic rings. The second kappa shape index (κ2) is 3.29. The normalized spacial score (nSPS) is 11.0. The lowest BCUT2D eigenvalue weighted by Crippen LogP contribution is -1.94. The first-order valence-electron chi connectivity index (χ1n) is 4.77. The molecule has 0 fully saturated rings. The second-order valence-corrected chi connectivity index (χ2v) is 3.47. The Morgan fingerprint density at radius 2 is 2.21 bits per heavy atom. The van der Waals surface area contributed by atoms with Crippen LogP contribution in [0.4, 0.5) is 0 Å². The predicted octanol–water partition coefficient (Wildman–Crippen LogP) is 1.93. The van der Waals surface area contributed by atoms with Gasteiger partial charge in [0, 0.05) is 0 Å². The number of nitrogens with zero attached hydrogens (tertiary/aromatic N) is 3. The number of fused-ring (bicyclic) bond motifs is 1. The van der Waals surface area contributed by atoms with Gasteiger partial charge in [-0.25, -0.2) is 0 Å². The number of rotatable bonds is 2. The molecule has 0 amide bonds. The number of benzene rings is 1. The Kier molecular flexibility index (Phi) is 2.11. The molecule has 0 radical (unpaired) electrons. The van der Waals surface area contributed by atoms with Crippen molar-refractivity contribution in [2.45, 2.75) is 26.7 Å². The van der Waals surface area contributed by atoms with Gasteiger partial charge in [0.05, 0.1) is 0 Å². The third-order valence-corrected chi connectivity index (χ3v) is 2.39. The zero-order chi connectivity index (χ0) is 10.1. The molecule has 0 aliphatic carbocycles. The Morgan fingerprint density at radius 1 is 1.43 bits per heavy atom. The molecule has 0 unspecified atom stereocenters. The monoisotopic (exact) mass is 191 g/mol. The van der Waals surface area contributed by atoms with Gasteiger partial charge in [0.25, 0.3) is 0 Å². The molecule has 4 nitrogen and oxygen atoms in total. The van der Waals surface area contributed by atoms with Crippen molar-refractivity contribution in [2.75, 3.05) is 0 Å². The van der Waals surface area contributed by atoms with Crippen molar-refractivity contribution in [2.24, 2.45) is 0 Å². The highest BCUT2D eigenvalue weighted by Gasteiger charge is 2.10. The van der Waals surface area contributed by atoms with E-state index >= 15 is 0 Å². The van der Waals surface area contributed by atoms with Crippen LogP contribution < -0.4 is 0 Å². The van der Waals surface area contributed by atoms with Crippen LogP contribution >= 0.6 is 0 Å². The van der Waals surface area contributed by atoms with Crippen LogP contribution in [-0.4, -0.2) is 20.4 Å². The summed E-state index contributed by atoms with van der Waals surface area (Å²) in [6.07, 6.45) is 2.03. The quantitative estimate of drug-likeness (QED) is 0.738. The molecule has 2 aromatic rings. The molecule has 0 bridgehead atoms. The van der Waals surface area contributed by atoms with E-state index in [0.717, 1.165) is 39.8 Å². The molecule has 1 aromatic heterocycles. The molecular weight excluding hydrogens is 178 g/mol. The van der Waals surface area contributed by atoms with Gasteiger partial charge in [0.15, 0.2) is 0 Å². The van der Waals surface area contributed by atoms with Crippen LogP contribution in [0.2, 0.25) is 0 Å². The maximum Gasteiger partial charge on any atom is 0.133 e. The topological polar surface area (TPSA) is 50.9 Å². The Labute approximate surface area is 82.1 Å². The van der Waals surface area contributed by atoms with Gasteiger partial charge in [-0.3, -0.25) is 0 Å².